The molecule has 4 N–H and O–H groups in total. The maximum absolute atomic E-state index is 12.0. The molecule has 0 aliphatic carbocycles. The van der Waals surface area contributed by atoms with Crippen LogP contribution in [-0.4, -0.2) is 16.6 Å². The highest BCUT2D eigenvalue weighted by Gasteiger charge is 2.06. The zero-order chi connectivity index (χ0) is 16.2. The second-order valence-corrected chi connectivity index (χ2v) is 5.45. The lowest BCUT2D eigenvalue weighted by atomic mass is 10.1. The zero-order valence-corrected chi connectivity index (χ0v) is 12.8. The van der Waals surface area contributed by atoms with Crippen LogP contribution < -0.4 is 11.2 Å². The molecule has 0 radical (unpaired) electrons. The minimum absolute atomic E-state index is 0.247. The van der Waals surface area contributed by atoms with Crippen molar-refractivity contribution >= 4 is 28.2 Å². The number of carbonyl (C=O) groups is 1. The number of aromatic nitrogens is 1. The van der Waals surface area contributed by atoms with Gasteiger partial charge < -0.3 is 10.7 Å². The van der Waals surface area contributed by atoms with Crippen molar-refractivity contribution in [3.63, 3.8) is 0 Å². The second-order valence-electron chi connectivity index (χ2n) is 5.45. The zero-order valence-electron chi connectivity index (χ0n) is 12.8. The van der Waals surface area contributed by atoms with Crippen molar-refractivity contribution in [2.24, 2.45) is 5.10 Å². The molecule has 0 fully saturated rings. The number of hydrogen-bond donors (Lipinski definition) is 3. The Labute approximate surface area is 134 Å². The lowest BCUT2D eigenvalue weighted by molar-refractivity contribution is 0.0954. The topological polar surface area (TPSA) is 83.3 Å². The van der Waals surface area contributed by atoms with Crippen molar-refractivity contribution in [3.8, 4) is 0 Å². The first kappa shape index (κ1) is 14.8. The molecule has 0 bridgehead atoms. The maximum Gasteiger partial charge on any atom is 0.271 e. The first-order valence-corrected chi connectivity index (χ1v) is 7.37. The van der Waals surface area contributed by atoms with Gasteiger partial charge in [0.2, 0.25) is 0 Å². The molecule has 5 nitrogen and oxygen atoms in total. The molecule has 1 heterocycles. The molecule has 0 spiro atoms. The van der Waals surface area contributed by atoms with Gasteiger partial charge in [-0.25, -0.2) is 5.43 Å². The number of carbonyl (C=O) groups excluding carboxylic acids is 1. The van der Waals surface area contributed by atoms with Crippen LogP contribution >= 0.6 is 0 Å². The number of nitrogens with zero attached hydrogens (tertiary/aromatic N) is 1. The summed E-state index contributed by atoms with van der Waals surface area (Å²) in [5.41, 5.74) is 12.4. The van der Waals surface area contributed by atoms with E-state index in [2.05, 4.69) is 21.6 Å². The molecule has 3 rings (SSSR count). The number of hydrazone groups is 1. The predicted octanol–water partition coefficient (Wildman–Crippen LogP) is 3.10. The summed E-state index contributed by atoms with van der Waals surface area (Å²) >= 11 is 0. The third-order valence-corrected chi connectivity index (χ3v) is 3.64. The van der Waals surface area contributed by atoms with Crippen molar-refractivity contribution < 1.29 is 4.79 Å². The van der Waals surface area contributed by atoms with E-state index in [9.17, 15) is 4.79 Å². The van der Waals surface area contributed by atoms with Gasteiger partial charge in [-0.2, -0.15) is 5.10 Å². The number of nitrogens with two attached hydrogens (primary N) is 1. The van der Waals surface area contributed by atoms with E-state index in [1.807, 2.05) is 31.3 Å². The molecule has 116 valence electrons. The monoisotopic (exact) mass is 306 g/mol. The summed E-state index contributed by atoms with van der Waals surface area (Å²) in [6, 6.07) is 14.8. The summed E-state index contributed by atoms with van der Waals surface area (Å²) in [5, 5.41) is 5.35. The average Bonchev–Trinajstić information content (AvgIpc) is 2.96. The Bertz CT molecular complexity index is 862. The normalized spacial score (nSPS) is 11.6. The van der Waals surface area contributed by atoms with Gasteiger partial charge in [0.25, 0.3) is 5.91 Å². The van der Waals surface area contributed by atoms with Crippen LogP contribution in [0, 0.1) is 0 Å². The number of nitrogen functional groups attached to an aromatic ring is 1. The molecule has 3 aromatic rings. The summed E-state index contributed by atoms with van der Waals surface area (Å²) in [7, 11) is 0. The summed E-state index contributed by atoms with van der Waals surface area (Å²) in [5.74, 6) is -0.247. The molecular formula is C18H18N4O. The van der Waals surface area contributed by atoms with Crippen LogP contribution in [0.25, 0.3) is 10.9 Å². The fraction of sp³-hybridized carbons (Fsp3) is 0.111. The Kier molecular flexibility index (Phi) is 4.10. The molecule has 0 aliphatic heterocycles. The standard InChI is InChI=1S/C18H18N4O/c1-12(10-14-11-20-17-5-3-2-4-16(14)17)21-22-18(23)13-6-8-15(19)9-7-13/h2-9,11,20H,10,19H2,1H3,(H,22,23). The largest absolute Gasteiger partial charge is 0.399 e. The fourth-order valence-corrected chi connectivity index (χ4v) is 2.44. The van der Waals surface area contributed by atoms with Gasteiger partial charge in [0.15, 0.2) is 0 Å². The number of aromatic amines is 1. The van der Waals surface area contributed by atoms with Crippen LogP contribution in [-0.2, 0) is 6.42 Å². The highest BCUT2D eigenvalue weighted by Crippen LogP contribution is 2.18. The van der Waals surface area contributed by atoms with Crippen LogP contribution in [0.1, 0.15) is 22.8 Å². The molecule has 5 heteroatoms. The number of nitrogens with one attached hydrogen (secondary N) is 2. The van der Waals surface area contributed by atoms with Gasteiger partial charge in [-0.05, 0) is 42.8 Å². The van der Waals surface area contributed by atoms with E-state index >= 15 is 0 Å². The molecule has 1 amide bonds. The van der Waals surface area contributed by atoms with Crippen LogP contribution in [0.2, 0.25) is 0 Å². The SMILES string of the molecule is CC(Cc1c[nH]c2ccccc12)=NNC(=O)c1ccc(N)cc1. The van der Waals surface area contributed by atoms with Gasteiger partial charge in [0, 0.05) is 40.5 Å². The molecule has 2 aromatic carbocycles. The summed E-state index contributed by atoms with van der Waals surface area (Å²) in [6.07, 6.45) is 2.65. The smallest absolute Gasteiger partial charge is 0.271 e. The summed E-state index contributed by atoms with van der Waals surface area (Å²) in [6.45, 7) is 1.89. The van der Waals surface area contributed by atoms with Gasteiger partial charge in [0.1, 0.15) is 0 Å². The highest BCUT2D eigenvalue weighted by molar-refractivity contribution is 5.96. The van der Waals surface area contributed by atoms with E-state index in [0.717, 1.165) is 16.8 Å². The highest BCUT2D eigenvalue weighted by atomic mass is 16.2. The molecule has 23 heavy (non-hydrogen) atoms. The number of rotatable bonds is 4. The fourth-order valence-electron chi connectivity index (χ4n) is 2.44. The van der Waals surface area contributed by atoms with Crippen molar-refractivity contribution in [1.29, 1.82) is 0 Å². The molecule has 0 aliphatic rings. The number of amides is 1. The molecule has 0 atom stereocenters. The second kappa shape index (κ2) is 6.36. The Morgan fingerprint density at radius 1 is 1.17 bits per heavy atom. The number of fused-ring (bicyclic) bond motifs is 1. The van der Waals surface area contributed by atoms with E-state index in [1.165, 1.54) is 5.39 Å². The van der Waals surface area contributed by atoms with E-state index in [4.69, 9.17) is 5.73 Å². The Hall–Kier alpha value is -3.08. The Morgan fingerprint density at radius 3 is 2.70 bits per heavy atom. The first-order valence-electron chi connectivity index (χ1n) is 7.37. The Balaban J connectivity index is 1.68. The van der Waals surface area contributed by atoms with Crippen LogP contribution in [0.5, 0.6) is 0 Å². The minimum atomic E-state index is -0.247. The van der Waals surface area contributed by atoms with Gasteiger partial charge in [-0.3, -0.25) is 4.79 Å². The van der Waals surface area contributed by atoms with Crippen LogP contribution in [0.4, 0.5) is 5.69 Å². The average molecular weight is 306 g/mol. The number of benzene rings is 2. The van der Waals surface area contributed by atoms with Crippen LogP contribution in [0.15, 0.2) is 59.8 Å². The van der Waals surface area contributed by atoms with Crippen molar-refractivity contribution in [2.75, 3.05) is 5.73 Å². The van der Waals surface area contributed by atoms with Gasteiger partial charge in [0.05, 0.1) is 0 Å². The third-order valence-electron chi connectivity index (χ3n) is 3.64. The third kappa shape index (κ3) is 3.40. The van der Waals surface area contributed by atoms with Crippen molar-refractivity contribution in [2.45, 2.75) is 13.3 Å². The number of hydrogen-bond acceptors (Lipinski definition) is 3. The van der Waals surface area contributed by atoms with Crippen molar-refractivity contribution in [3.05, 3.63) is 65.9 Å². The molecule has 0 saturated carbocycles. The summed E-state index contributed by atoms with van der Waals surface area (Å²) < 4.78 is 0. The summed E-state index contributed by atoms with van der Waals surface area (Å²) in [4.78, 5) is 15.2. The molecule has 0 unspecified atom stereocenters. The predicted molar refractivity (Wildman–Crippen MR) is 93.4 cm³/mol. The molecule has 1 aromatic heterocycles. The minimum Gasteiger partial charge on any atom is -0.399 e. The number of para-hydroxylation sites is 1. The molecule has 0 saturated heterocycles. The Morgan fingerprint density at radius 2 is 1.91 bits per heavy atom. The van der Waals surface area contributed by atoms with Gasteiger partial charge in [-0.1, -0.05) is 18.2 Å². The first-order chi connectivity index (χ1) is 11.1. The lowest BCUT2D eigenvalue weighted by Crippen LogP contribution is -2.19. The van der Waals surface area contributed by atoms with Gasteiger partial charge >= 0.3 is 0 Å². The quantitative estimate of drug-likeness (QED) is 0.393. The number of anilines is 1. The van der Waals surface area contributed by atoms with Crippen LogP contribution in [0.3, 0.4) is 0 Å². The van der Waals surface area contributed by atoms with E-state index < -0.39 is 0 Å². The van der Waals surface area contributed by atoms with E-state index in [0.29, 0.717) is 17.7 Å². The van der Waals surface area contributed by atoms with Gasteiger partial charge in [-0.15, -0.1) is 0 Å². The van der Waals surface area contributed by atoms with Crippen molar-refractivity contribution in [1.82, 2.24) is 10.4 Å². The lowest BCUT2D eigenvalue weighted by Gasteiger charge is -2.03. The number of H-pyrrole nitrogens is 1. The molecular weight excluding hydrogens is 288 g/mol. The van der Waals surface area contributed by atoms with E-state index in [1.54, 1.807) is 24.3 Å². The van der Waals surface area contributed by atoms with E-state index in [-0.39, 0.29) is 5.91 Å². The maximum atomic E-state index is 12.0.